The molecule has 0 aliphatic heterocycles. The van der Waals surface area contributed by atoms with E-state index in [4.69, 9.17) is 20.4 Å². The third-order valence-electron chi connectivity index (χ3n) is 5.91. The van der Waals surface area contributed by atoms with E-state index in [0.29, 0.717) is 40.7 Å². The van der Waals surface area contributed by atoms with Gasteiger partial charge in [0.25, 0.3) is 0 Å². The molecule has 9 nitrogen and oxygen atoms in total. The molecule has 0 fully saturated rings. The summed E-state index contributed by atoms with van der Waals surface area (Å²) in [6.07, 6.45) is 1.82. The van der Waals surface area contributed by atoms with Crippen LogP contribution in [0, 0.1) is 0 Å². The van der Waals surface area contributed by atoms with Crippen molar-refractivity contribution in [2.75, 3.05) is 17.7 Å². The third kappa shape index (κ3) is 5.08. The molecule has 0 unspecified atom stereocenters. The zero-order chi connectivity index (χ0) is 26.6. The molecule has 3 heterocycles. The Balaban J connectivity index is 1.64. The number of pyridine rings is 2. The number of fused-ring (bicyclic) bond motifs is 1. The number of imidazole rings is 1. The number of nitrogen functional groups attached to an aromatic ring is 1. The summed E-state index contributed by atoms with van der Waals surface area (Å²) in [6, 6.07) is 22.6. The molecule has 5 rings (SSSR count). The number of anilines is 2. The van der Waals surface area contributed by atoms with Gasteiger partial charge in [-0.25, -0.2) is 15.0 Å². The van der Waals surface area contributed by atoms with E-state index >= 15 is 0 Å². The molecule has 190 valence electrons. The summed E-state index contributed by atoms with van der Waals surface area (Å²) in [6.45, 7) is 3.60. The number of rotatable bonds is 7. The monoisotopic (exact) mass is 506 g/mol. The van der Waals surface area contributed by atoms with Crippen molar-refractivity contribution in [2.45, 2.75) is 20.3 Å². The Morgan fingerprint density at radius 1 is 1.00 bits per heavy atom. The molecule has 9 heteroatoms. The minimum atomic E-state index is -0.273. The van der Waals surface area contributed by atoms with Crippen molar-refractivity contribution >= 4 is 34.5 Å². The minimum Gasteiger partial charge on any atom is -0.466 e. The maximum atomic E-state index is 11.9. The van der Waals surface area contributed by atoms with Crippen LogP contribution in [0.25, 0.3) is 39.5 Å². The number of hydrogen-bond donors (Lipinski definition) is 2. The summed E-state index contributed by atoms with van der Waals surface area (Å²) in [5.41, 5.74) is 12.1. The van der Waals surface area contributed by atoms with Gasteiger partial charge in [0.1, 0.15) is 11.3 Å². The number of carbonyl (C=O) groups is 2. The van der Waals surface area contributed by atoms with E-state index in [-0.39, 0.29) is 18.3 Å². The van der Waals surface area contributed by atoms with Crippen LogP contribution < -0.4 is 11.1 Å². The predicted molar refractivity (Wildman–Crippen MR) is 147 cm³/mol. The summed E-state index contributed by atoms with van der Waals surface area (Å²) < 4.78 is 7.00. The van der Waals surface area contributed by atoms with E-state index in [9.17, 15) is 9.59 Å². The largest absolute Gasteiger partial charge is 0.466 e. The van der Waals surface area contributed by atoms with Gasteiger partial charge in [-0.1, -0.05) is 24.3 Å². The number of nitrogens with one attached hydrogen (secondary N) is 1. The number of aromatic nitrogens is 4. The molecule has 3 N–H and O–H groups in total. The maximum absolute atomic E-state index is 11.9. The van der Waals surface area contributed by atoms with E-state index in [1.54, 1.807) is 13.1 Å². The number of ether oxygens (including phenoxy) is 1. The second kappa shape index (κ2) is 10.5. The number of esters is 1. The highest BCUT2D eigenvalue weighted by atomic mass is 16.5. The van der Waals surface area contributed by atoms with Crippen LogP contribution in [0.4, 0.5) is 11.5 Å². The van der Waals surface area contributed by atoms with Crippen molar-refractivity contribution in [1.82, 2.24) is 19.5 Å². The minimum absolute atomic E-state index is 0.145. The first-order chi connectivity index (χ1) is 18.4. The Hall–Kier alpha value is -5.05. The Labute approximate surface area is 219 Å². The summed E-state index contributed by atoms with van der Waals surface area (Å²) in [7, 11) is 0. The molecule has 2 aromatic carbocycles. The van der Waals surface area contributed by atoms with Gasteiger partial charge in [-0.2, -0.15) is 0 Å². The van der Waals surface area contributed by atoms with Gasteiger partial charge >= 0.3 is 5.97 Å². The number of nitrogens with zero attached hydrogens (tertiary/aromatic N) is 4. The lowest BCUT2D eigenvalue weighted by Crippen LogP contribution is -2.07. The average molecular weight is 507 g/mol. The zero-order valence-corrected chi connectivity index (χ0v) is 21.0. The second-order valence-corrected chi connectivity index (χ2v) is 8.66. The van der Waals surface area contributed by atoms with Crippen LogP contribution in [0.1, 0.15) is 19.4 Å². The van der Waals surface area contributed by atoms with E-state index in [1.807, 2.05) is 77.4 Å². The first-order valence-corrected chi connectivity index (χ1v) is 12.2. The molecule has 0 radical (unpaired) electrons. The number of nitrogens with two attached hydrogens (primary N) is 1. The Morgan fingerprint density at radius 2 is 1.82 bits per heavy atom. The van der Waals surface area contributed by atoms with Crippen LogP contribution in [-0.2, 0) is 20.7 Å². The molecule has 1 amide bonds. The number of carbonyl (C=O) groups excluding carboxylic acids is 2. The Kier molecular flexibility index (Phi) is 6.82. The van der Waals surface area contributed by atoms with Gasteiger partial charge in [-0.15, -0.1) is 0 Å². The molecular formula is C29H26N6O3. The molecule has 0 spiro atoms. The molecule has 38 heavy (non-hydrogen) atoms. The number of hydrogen-bond acceptors (Lipinski definition) is 7. The van der Waals surface area contributed by atoms with Crippen LogP contribution in [0.5, 0.6) is 0 Å². The van der Waals surface area contributed by atoms with Crippen molar-refractivity contribution in [3.8, 4) is 28.3 Å². The first kappa shape index (κ1) is 24.6. The molecule has 3 aromatic heterocycles. The Morgan fingerprint density at radius 3 is 2.55 bits per heavy atom. The van der Waals surface area contributed by atoms with Gasteiger partial charge in [-0.05, 0) is 61.0 Å². The average Bonchev–Trinajstić information content (AvgIpc) is 3.28. The standard InChI is InChI=1S/C29H26N6O3/c1-3-38-26(37)16-19-9-11-22(12-10-19)35-28(23-8-5-15-31-27(23)30)34-25-14-13-24(33-29(25)35)20-6-4-7-21(17-20)32-18(2)36/h4-15,17H,3,16H2,1-2H3,(H2,30,31)(H,32,36). The Bertz CT molecular complexity index is 1640. The van der Waals surface area contributed by atoms with Gasteiger partial charge < -0.3 is 15.8 Å². The fraction of sp³-hybridized carbons (Fsp3) is 0.138. The SMILES string of the molecule is CCOC(=O)Cc1ccc(-n2c(-c3cccnc3N)nc3ccc(-c4cccc(NC(C)=O)c4)nc32)cc1. The van der Waals surface area contributed by atoms with Crippen molar-refractivity contribution in [3.63, 3.8) is 0 Å². The highest BCUT2D eigenvalue weighted by molar-refractivity contribution is 5.90. The van der Waals surface area contributed by atoms with Gasteiger partial charge in [-0.3, -0.25) is 14.2 Å². The molecule has 0 aliphatic carbocycles. The molecule has 0 saturated carbocycles. The number of amides is 1. The lowest BCUT2D eigenvalue weighted by Gasteiger charge is -2.12. The molecule has 0 saturated heterocycles. The lowest BCUT2D eigenvalue weighted by molar-refractivity contribution is -0.142. The van der Waals surface area contributed by atoms with Crippen LogP contribution in [-0.4, -0.2) is 38.0 Å². The highest BCUT2D eigenvalue weighted by Gasteiger charge is 2.19. The molecular weight excluding hydrogens is 480 g/mol. The van der Waals surface area contributed by atoms with Crippen molar-refractivity contribution < 1.29 is 14.3 Å². The summed E-state index contributed by atoms with van der Waals surface area (Å²) in [5.74, 6) is 0.533. The normalized spacial score (nSPS) is 10.9. The summed E-state index contributed by atoms with van der Waals surface area (Å²) in [5, 5.41) is 2.81. The zero-order valence-electron chi connectivity index (χ0n) is 21.0. The molecule has 5 aromatic rings. The van der Waals surface area contributed by atoms with Crippen molar-refractivity contribution in [2.24, 2.45) is 0 Å². The smallest absolute Gasteiger partial charge is 0.310 e. The van der Waals surface area contributed by atoms with Crippen molar-refractivity contribution in [3.05, 3.63) is 84.6 Å². The van der Waals surface area contributed by atoms with Gasteiger partial charge in [0, 0.05) is 30.1 Å². The fourth-order valence-corrected chi connectivity index (χ4v) is 4.25. The molecule has 0 aliphatic rings. The molecule has 0 atom stereocenters. The second-order valence-electron chi connectivity index (χ2n) is 8.66. The summed E-state index contributed by atoms with van der Waals surface area (Å²) in [4.78, 5) is 37.5. The van der Waals surface area contributed by atoms with Crippen LogP contribution in [0.3, 0.4) is 0 Å². The van der Waals surface area contributed by atoms with E-state index in [0.717, 1.165) is 22.5 Å². The molecule has 0 bridgehead atoms. The topological polar surface area (TPSA) is 125 Å². The maximum Gasteiger partial charge on any atom is 0.310 e. The van der Waals surface area contributed by atoms with E-state index in [2.05, 4.69) is 10.3 Å². The lowest BCUT2D eigenvalue weighted by atomic mass is 10.1. The quantitative estimate of drug-likeness (QED) is 0.304. The van der Waals surface area contributed by atoms with E-state index < -0.39 is 0 Å². The van der Waals surface area contributed by atoms with Crippen LogP contribution in [0.2, 0.25) is 0 Å². The van der Waals surface area contributed by atoms with Crippen LogP contribution >= 0.6 is 0 Å². The van der Waals surface area contributed by atoms with Crippen molar-refractivity contribution in [1.29, 1.82) is 0 Å². The van der Waals surface area contributed by atoms with E-state index in [1.165, 1.54) is 6.92 Å². The van der Waals surface area contributed by atoms with Gasteiger partial charge in [0.05, 0.1) is 24.3 Å². The predicted octanol–water partition coefficient (Wildman–Crippen LogP) is 4.80. The van der Waals surface area contributed by atoms with Gasteiger partial charge in [0.2, 0.25) is 5.91 Å². The first-order valence-electron chi connectivity index (χ1n) is 12.2. The van der Waals surface area contributed by atoms with Crippen LogP contribution in [0.15, 0.2) is 79.0 Å². The highest BCUT2D eigenvalue weighted by Crippen LogP contribution is 2.32. The third-order valence-corrected chi connectivity index (χ3v) is 5.91. The fourth-order valence-electron chi connectivity index (χ4n) is 4.25. The number of benzene rings is 2. The summed E-state index contributed by atoms with van der Waals surface area (Å²) >= 11 is 0. The van der Waals surface area contributed by atoms with Gasteiger partial charge in [0.15, 0.2) is 11.5 Å².